The summed E-state index contributed by atoms with van der Waals surface area (Å²) < 4.78 is 2.08. The van der Waals surface area contributed by atoms with Crippen LogP contribution >= 0.6 is 0 Å². The number of hydrogen-bond acceptors (Lipinski definition) is 3. The third-order valence-electron chi connectivity index (χ3n) is 3.48. The predicted octanol–water partition coefficient (Wildman–Crippen LogP) is 0.477. The molecule has 1 aromatic heterocycles. The van der Waals surface area contributed by atoms with Crippen LogP contribution in [0.25, 0.3) is 0 Å². The van der Waals surface area contributed by atoms with E-state index in [0.29, 0.717) is 12.6 Å². The van der Waals surface area contributed by atoms with Gasteiger partial charge in [0.1, 0.15) is 5.69 Å². The molecule has 0 aromatic carbocycles. The highest BCUT2D eigenvalue weighted by atomic mass is 16.3. The molecule has 0 aliphatic carbocycles. The van der Waals surface area contributed by atoms with E-state index in [1.807, 2.05) is 18.3 Å². The smallest absolute Gasteiger partial charge is 0.270 e. The van der Waals surface area contributed by atoms with Crippen LogP contribution in [-0.2, 0) is 0 Å². The minimum atomic E-state index is -0.0208. The van der Waals surface area contributed by atoms with Gasteiger partial charge < -0.3 is 19.9 Å². The summed E-state index contributed by atoms with van der Waals surface area (Å²) in [4.78, 5) is 13.8. The molecule has 1 amide bonds. The van der Waals surface area contributed by atoms with Crippen LogP contribution in [0.3, 0.4) is 0 Å². The highest BCUT2D eigenvalue weighted by Gasteiger charge is 2.21. The van der Waals surface area contributed by atoms with Gasteiger partial charge in [-0.15, -0.1) is 0 Å². The zero-order valence-electron chi connectivity index (χ0n) is 10.8. The molecule has 1 aliphatic rings. The van der Waals surface area contributed by atoms with Crippen LogP contribution in [0.4, 0.5) is 0 Å². The molecule has 5 heteroatoms. The van der Waals surface area contributed by atoms with Crippen molar-refractivity contribution >= 4 is 5.91 Å². The number of rotatable bonds is 4. The Labute approximate surface area is 107 Å². The highest BCUT2D eigenvalue weighted by Crippen LogP contribution is 2.21. The van der Waals surface area contributed by atoms with E-state index in [1.165, 1.54) is 0 Å². The lowest BCUT2D eigenvalue weighted by Gasteiger charge is -2.27. The van der Waals surface area contributed by atoms with Crippen molar-refractivity contribution in [3.05, 3.63) is 24.0 Å². The number of amides is 1. The van der Waals surface area contributed by atoms with Gasteiger partial charge in [-0.1, -0.05) is 0 Å². The van der Waals surface area contributed by atoms with Crippen molar-refractivity contribution in [2.24, 2.45) is 0 Å². The number of piperidine rings is 1. The zero-order chi connectivity index (χ0) is 13.0. The van der Waals surface area contributed by atoms with Gasteiger partial charge in [-0.3, -0.25) is 4.79 Å². The standard InChI is InChI=1S/C13H21N3O2/c1-15(9-10-17)13(18)12-3-2-8-16(12)11-4-6-14-7-5-11/h2-3,8,11,14,17H,4-7,9-10H2,1H3. The third-order valence-corrected chi connectivity index (χ3v) is 3.48. The number of carbonyl (C=O) groups is 1. The maximum atomic E-state index is 12.2. The number of hydrogen-bond donors (Lipinski definition) is 2. The van der Waals surface area contributed by atoms with Gasteiger partial charge in [0, 0.05) is 25.8 Å². The Balaban J connectivity index is 2.13. The van der Waals surface area contributed by atoms with Crippen molar-refractivity contribution in [3.8, 4) is 0 Å². The molecule has 1 fully saturated rings. The fourth-order valence-corrected chi connectivity index (χ4v) is 2.43. The second-order valence-corrected chi connectivity index (χ2v) is 4.73. The number of aromatic nitrogens is 1. The highest BCUT2D eigenvalue weighted by molar-refractivity contribution is 5.92. The quantitative estimate of drug-likeness (QED) is 0.818. The maximum absolute atomic E-state index is 12.2. The number of carbonyl (C=O) groups excluding carboxylic acids is 1. The molecule has 18 heavy (non-hydrogen) atoms. The molecule has 2 N–H and O–H groups in total. The maximum Gasteiger partial charge on any atom is 0.270 e. The lowest BCUT2D eigenvalue weighted by Crippen LogP contribution is -2.34. The first-order chi connectivity index (χ1) is 8.74. The van der Waals surface area contributed by atoms with Gasteiger partial charge in [0.2, 0.25) is 0 Å². The van der Waals surface area contributed by atoms with Crippen LogP contribution in [0, 0.1) is 0 Å². The van der Waals surface area contributed by atoms with Crippen LogP contribution in [-0.4, -0.2) is 53.8 Å². The molecule has 0 atom stereocenters. The van der Waals surface area contributed by atoms with E-state index in [-0.39, 0.29) is 12.5 Å². The Bertz CT molecular complexity index is 397. The predicted molar refractivity (Wildman–Crippen MR) is 69.6 cm³/mol. The fraction of sp³-hybridized carbons (Fsp3) is 0.615. The molecule has 0 saturated carbocycles. The van der Waals surface area contributed by atoms with Gasteiger partial charge in [-0.05, 0) is 38.1 Å². The van der Waals surface area contributed by atoms with Gasteiger partial charge >= 0.3 is 0 Å². The van der Waals surface area contributed by atoms with E-state index >= 15 is 0 Å². The van der Waals surface area contributed by atoms with E-state index in [9.17, 15) is 4.79 Å². The van der Waals surface area contributed by atoms with E-state index in [1.54, 1.807) is 11.9 Å². The summed E-state index contributed by atoms with van der Waals surface area (Å²) in [6, 6.07) is 4.18. The van der Waals surface area contributed by atoms with E-state index in [2.05, 4.69) is 9.88 Å². The normalized spacial score (nSPS) is 16.8. The van der Waals surface area contributed by atoms with Crippen molar-refractivity contribution < 1.29 is 9.90 Å². The topological polar surface area (TPSA) is 57.5 Å². The zero-order valence-corrected chi connectivity index (χ0v) is 10.8. The molecule has 0 bridgehead atoms. The summed E-state index contributed by atoms with van der Waals surface area (Å²) in [7, 11) is 1.72. The minimum Gasteiger partial charge on any atom is -0.395 e. The molecule has 0 spiro atoms. The van der Waals surface area contributed by atoms with Crippen molar-refractivity contribution in [1.82, 2.24) is 14.8 Å². The van der Waals surface area contributed by atoms with Crippen LogP contribution in [0.15, 0.2) is 18.3 Å². The summed E-state index contributed by atoms with van der Waals surface area (Å²) in [5.74, 6) is -0.0208. The van der Waals surface area contributed by atoms with E-state index < -0.39 is 0 Å². The van der Waals surface area contributed by atoms with Crippen LogP contribution < -0.4 is 5.32 Å². The van der Waals surface area contributed by atoms with Gasteiger partial charge in [-0.25, -0.2) is 0 Å². The SMILES string of the molecule is CN(CCO)C(=O)c1cccn1C1CCNCC1. The molecule has 100 valence electrons. The van der Waals surface area contributed by atoms with Crippen molar-refractivity contribution in [2.45, 2.75) is 18.9 Å². The Morgan fingerprint density at radius 3 is 2.94 bits per heavy atom. The molecule has 1 aromatic rings. The van der Waals surface area contributed by atoms with Gasteiger partial charge in [0.05, 0.1) is 6.61 Å². The van der Waals surface area contributed by atoms with Crippen molar-refractivity contribution in [1.29, 1.82) is 0 Å². The van der Waals surface area contributed by atoms with Crippen LogP contribution in [0.1, 0.15) is 29.4 Å². The van der Waals surface area contributed by atoms with Crippen LogP contribution in [0.5, 0.6) is 0 Å². The Kier molecular flexibility index (Phi) is 4.38. The molecule has 2 rings (SSSR count). The Hall–Kier alpha value is -1.33. The first-order valence-electron chi connectivity index (χ1n) is 6.48. The summed E-state index contributed by atoms with van der Waals surface area (Å²) >= 11 is 0. The molecule has 2 heterocycles. The van der Waals surface area contributed by atoms with Crippen molar-refractivity contribution in [3.63, 3.8) is 0 Å². The molecule has 0 radical (unpaired) electrons. The minimum absolute atomic E-state index is 0.00367. The van der Waals surface area contributed by atoms with Gasteiger partial charge in [-0.2, -0.15) is 0 Å². The number of likely N-dealkylation sites (N-methyl/N-ethyl adjacent to an activating group) is 1. The van der Waals surface area contributed by atoms with Crippen LogP contribution in [0.2, 0.25) is 0 Å². The fourth-order valence-electron chi connectivity index (χ4n) is 2.43. The molecule has 5 nitrogen and oxygen atoms in total. The summed E-state index contributed by atoms with van der Waals surface area (Å²) in [5.41, 5.74) is 0.720. The third kappa shape index (κ3) is 2.73. The molecular weight excluding hydrogens is 230 g/mol. The first kappa shape index (κ1) is 13.1. The van der Waals surface area contributed by atoms with Gasteiger partial charge in [0.25, 0.3) is 5.91 Å². The monoisotopic (exact) mass is 251 g/mol. The molecule has 1 saturated heterocycles. The molecular formula is C13H21N3O2. The Morgan fingerprint density at radius 1 is 1.56 bits per heavy atom. The molecule has 0 unspecified atom stereocenters. The van der Waals surface area contributed by atoms with Gasteiger partial charge in [0.15, 0.2) is 0 Å². The number of aliphatic hydroxyl groups excluding tert-OH is 1. The average molecular weight is 251 g/mol. The second-order valence-electron chi connectivity index (χ2n) is 4.73. The average Bonchev–Trinajstić information content (AvgIpc) is 2.88. The first-order valence-corrected chi connectivity index (χ1v) is 6.48. The summed E-state index contributed by atoms with van der Waals surface area (Å²) in [5, 5.41) is 12.2. The van der Waals surface area contributed by atoms with E-state index in [0.717, 1.165) is 31.6 Å². The Morgan fingerprint density at radius 2 is 2.28 bits per heavy atom. The van der Waals surface area contributed by atoms with E-state index in [4.69, 9.17) is 5.11 Å². The lowest BCUT2D eigenvalue weighted by atomic mass is 10.1. The summed E-state index contributed by atoms with van der Waals surface area (Å²) in [6.07, 6.45) is 4.09. The largest absolute Gasteiger partial charge is 0.395 e. The molecule has 1 aliphatic heterocycles. The van der Waals surface area contributed by atoms with Crippen molar-refractivity contribution in [2.75, 3.05) is 33.3 Å². The summed E-state index contributed by atoms with van der Waals surface area (Å²) in [6.45, 7) is 2.37. The second kappa shape index (κ2) is 6.02. The lowest BCUT2D eigenvalue weighted by molar-refractivity contribution is 0.0752. The number of aliphatic hydroxyl groups is 1. The number of nitrogens with one attached hydrogen (secondary N) is 1. The number of nitrogens with zero attached hydrogens (tertiary/aromatic N) is 2.